The molecule has 3 aromatic rings. The summed E-state index contributed by atoms with van der Waals surface area (Å²) in [5.41, 5.74) is 5.68. The monoisotopic (exact) mass is 459 g/mol. The Morgan fingerprint density at radius 1 is 1.21 bits per heavy atom. The van der Waals surface area contributed by atoms with Gasteiger partial charge in [0.25, 0.3) is 0 Å². The number of rotatable bonds is 7. The number of likely N-dealkylation sites (N-methyl/N-ethyl adjacent to an activating group) is 1. The number of amides is 1. The number of benzene rings is 1. The highest BCUT2D eigenvalue weighted by molar-refractivity contribution is 5.89. The van der Waals surface area contributed by atoms with E-state index >= 15 is 0 Å². The number of aromatic nitrogens is 3. The van der Waals surface area contributed by atoms with Crippen LogP contribution in [-0.4, -0.2) is 62.3 Å². The van der Waals surface area contributed by atoms with Gasteiger partial charge in [-0.1, -0.05) is 38.1 Å². The summed E-state index contributed by atoms with van der Waals surface area (Å²) in [6, 6.07) is 11.9. The van der Waals surface area contributed by atoms with Crippen LogP contribution in [0.25, 0.3) is 22.4 Å². The van der Waals surface area contributed by atoms with Crippen molar-refractivity contribution < 1.29 is 9.90 Å². The molecule has 178 valence electrons. The fourth-order valence-electron chi connectivity index (χ4n) is 4.48. The van der Waals surface area contributed by atoms with Gasteiger partial charge in [0.2, 0.25) is 5.91 Å². The lowest BCUT2D eigenvalue weighted by molar-refractivity contribution is -0.131. The minimum atomic E-state index is -0.0248. The molecule has 0 saturated heterocycles. The quantitative estimate of drug-likeness (QED) is 0.547. The number of carbonyl (C=O) groups is 1. The number of fused-ring (bicyclic) bond motifs is 1. The Balaban J connectivity index is 1.81. The maximum absolute atomic E-state index is 13.3. The maximum atomic E-state index is 13.3. The van der Waals surface area contributed by atoms with Crippen molar-refractivity contribution >= 4 is 5.91 Å². The van der Waals surface area contributed by atoms with Crippen molar-refractivity contribution in [2.75, 3.05) is 20.6 Å². The van der Waals surface area contributed by atoms with Gasteiger partial charge in [0.15, 0.2) is 0 Å². The van der Waals surface area contributed by atoms with Gasteiger partial charge in [-0.05, 0) is 49.3 Å². The summed E-state index contributed by atoms with van der Waals surface area (Å²) < 4.78 is 2.06. The van der Waals surface area contributed by atoms with Crippen LogP contribution in [0.1, 0.15) is 25.1 Å². The third-order valence-electron chi connectivity index (χ3n) is 6.27. The molecule has 1 unspecified atom stereocenters. The first kappa shape index (κ1) is 23.9. The van der Waals surface area contributed by atoms with Crippen LogP contribution in [0.5, 0.6) is 0 Å². The first-order valence-corrected chi connectivity index (χ1v) is 11.7. The Hall–Kier alpha value is -3.29. The van der Waals surface area contributed by atoms with Crippen molar-refractivity contribution in [3.05, 3.63) is 72.2 Å². The fraction of sp³-hybridized carbons (Fsp3) is 0.370. The summed E-state index contributed by atoms with van der Waals surface area (Å²) in [5, 5.41) is 14.7. The van der Waals surface area contributed by atoms with Crippen LogP contribution < -0.4 is 0 Å². The largest absolute Gasteiger partial charge is 0.392 e. The molecule has 1 atom stereocenters. The summed E-state index contributed by atoms with van der Waals surface area (Å²) in [7, 11) is 3.97. The van der Waals surface area contributed by atoms with Gasteiger partial charge in [-0.3, -0.25) is 14.5 Å². The van der Waals surface area contributed by atoms with Crippen LogP contribution in [-0.2, 0) is 24.5 Å². The predicted octanol–water partition coefficient (Wildman–Crippen LogP) is 3.59. The number of hydrogen-bond acceptors (Lipinski definition) is 5. The van der Waals surface area contributed by atoms with Gasteiger partial charge < -0.3 is 14.9 Å². The van der Waals surface area contributed by atoms with Crippen LogP contribution >= 0.6 is 0 Å². The molecule has 7 heteroatoms. The molecule has 7 nitrogen and oxygen atoms in total. The lowest BCUT2D eigenvalue weighted by Crippen LogP contribution is -2.48. The topological polar surface area (TPSA) is 74.5 Å². The molecular weight excluding hydrogens is 426 g/mol. The van der Waals surface area contributed by atoms with Crippen LogP contribution in [0.15, 0.2) is 60.9 Å². The molecular formula is C27H33N5O2. The Morgan fingerprint density at radius 3 is 2.65 bits per heavy atom. The SMILES string of the molecule is CC(C)C1Cn2nc(-c3cccc(CO)c3)c(-c3ccncc3)c2CN1C(=O)/C=C/CN(C)C. The van der Waals surface area contributed by atoms with E-state index in [1.54, 1.807) is 18.5 Å². The molecule has 1 aliphatic heterocycles. The second-order valence-electron chi connectivity index (χ2n) is 9.39. The molecule has 0 saturated carbocycles. The molecule has 0 aliphatic carbocycles. The first-order chi connectivity index (χ1) is 16.4. The highest BCUT2D eigenvalue weighted by Gasteiger charge is 2.34. The molecule has 34 heavy (non-hydrogen) atoms. The number of pyridine rings is 1. The second kappa shape index (κ2) is 10.3. The number of aliphatic hydroxyl groups excluding tert-OH is 1. The Morgan fingerprint density at radius 2 is 1.97 bits per heavy atom. The maximum Gasteiger partial charge on any atom is 0.246 e. The Kier molecular flexibility index (Phi) is 7.24. The molecule has 4 rings (SSSR count). The van der Waals surface area contributed by atoms with E-state index in [0.29, 0.717) is 13.1 Å². The zero-order valence-corrected chi connectivity index (χ0v) is 20.3. The first-order valence-electron chi connectivity index (χ1n) is 11.7. The third-order valence-corrected chi connectivity index (χ3v) is 6.27. The third kappa shape index (κ3) is 4.95. The predicted molar refractivity (Wildman–Crippen MR) is 134 cm³/mol. The van der Waals surface area contributed by atoms with Crippen LogP contribution in [0, 0.1) is 5.92 Å². The summed E-state index contributed by atoms with van der Waals surface area (Å²) in [4.78, 5) is 21.5. The van der Waals surface area contributed by atoms with E-state index in [9.17, 15) is 9.90 Å². The zero-order chi connectivity index (χ0) is 24.2. The molecule has 1 amide bonds. The lowest BCUT2D eigenvalue weighted by atomic mass is 9.95. The average molecular weight is 460 g/mol. The average Bonchev–Trinajstić information content (AvgIpc) is 3.22. The van der Waals surface area contributed by atoms with Gasteiger partial charge in [0.1, 0.15) is 5.69 Å². The second-order valence-corrected chi connectivity index (χ2v) is 9.39. The molecule has 0 radical (unpaired) electrons. The summed E-state index contributed by atoms with van der Waals surface area (Å²) in [6.07, 6.45) is 7.17. The van der Waals surface area contributed by atoms with Gasteiger partial charge in [0.05, 0.1) is 31.4 Å². The van der Waals surface area contributed by atoms with Gasteiger partial charge in [0, 0.05) is 36.1 Å². The van der Waals surface area contributed by atoms with Crippen LogP contribution in [0.2, 0.25) is 0 Å². The standard InChI is InChI=1S/C27H33N5O2/c1-19(2)23-17-32-24(16-31(23)25(34)9-6-14-30(3)4)26(21-10-12-28-13-11-21)27(29-32)22-8-5-7-20(15-22)18-33/h5-13,15,19,23,33H,14,16-18H2,1-4H3/b9-6+. The van der Waals surface area contributed by atoms with Crippen molar-refractivity contribution in [3.8, 4) is 22.4 Å². The van der Waals surface area contributed by atoms with E-state index in [1.165, 1.54) is 0 Å². The van der Waals surface area contributed by atoms with Gasteiger partial charge in [-0.15, -0.1) is 0 Å². The van der Waals surface area contributed by atoms with E-state index in [-0.39, 0.29) is 24.5 Å². The number of aliphatic hydroxyl groups is 1. The highest BCUT2D eigenvalue weighted by atomic mass is 16.3. The van der Waals surface area contributed by atoms with Crippen molar-refractivity contribution in [2.24, 2.45) is 5.92 Å². The van der Waals surface area contributed by atoms with Gasteiger partial charge in [-0.2, -0.15) is 5.10 Å². The molecule has 0 fully saturated rings. The van der Waals surface area contributed by atoms with Gasteiger partial charge >= 0.3 is 0 Å². The van der Waals surface area contributed by atoms with Crippen molar-refractivity contribution in [2.45, 2.75) is 39.6 Å². The minimum Gasteiger partial charge on any atom is -0.392 e. The van der Waals surface area contributed by atoms with Crippen molar-refractivity contribution in [3.63, 3.8) is 0 Å². The zero-order valence-electron chi connectivity index (χ0n) is 20.3. The number of carbonyl (C=O) groups excluding carboxylic acids is 1. The molecule has 1 aliphatic rings. The summed E-state index contributed by atoms with van der Waals surface area (Å²) in [6.45, 7) is 6.12. The Bertz CT molecular complexity index is 1170. The smallest absolute Gasteiger partial charge is 0.246 e. The lowest BCUT2D eigenvalue weighted by Gasteiger charge is -2.38. The Labute approximate surface area is 201 Å². The fourth-order valence-corrected chi connectivity index (χ4v) is 4.48. The van der Waals surface area contributed by atoms with Crippen LogP contribution in [0.4, 0.5) is 0 Å². The van der Waals surface area contributed by atoms with E-state index in [2.05, 4.69) is 23.5 Å². The molecule has 0 spiro atoms. The van der Waals surface area contributed by atoms with Crippen LogP contribution in [0.3, 0.4) is 0 Å². The molecule has 3 heterocycles. The molecule has 1 N–H and O–H groups in total. The minimum absolute atomic E-state index is 0.0248. The van der Waals surface area contributed by atoms with E-state index < -0.39 is 0 Å². The summed E-state index contributed by atoms with van der Waals surface area (Å²) >= 11 is 0. The number of hydrogen-bond donors (Lipinski definition) is 1. The molecule has 0 bridgehead atoms. The molecule has 1 aromatic carbocycles. The highest BCUT2D eigenvalue weighted by Crippen LogP contribution is 2.38. The van der Waals surface area contributed by atoms with E-state index in [1.807, 2.05) is 66.4 Å². The molecule has 2 aromatic heterocycles. The normalized spacial score (nSPS) is 16.0. The van der Waals surface area contributed by atoms with Crippen molar-refractivity contribution in [1.82, 2.24) is 24.6 Å². The van der Waals surface area contributed by atoms with Gasteiger partial charge in [-0.25, -0.2) is 0 Å². The van der Waals surface area contributed by atoms with Crippen molar-refractivity contribution in [1.29, 1.82) is 0 Å². The van der Waals surface area contributed by atoms with E-state index in [0.717, 1.165) is 40.2 Å². The van der Waals surface area contributed by atoms with E-state index in [4.69, 9.17) is 5.10 Å². The number of nitrogens with zero attached hydrogens (tertiary/aromatic N) is 5. The summed E-state index contributed by atoms with van der Waals surface area (Å²) in [5.74, 6) is 0.312.